The van der Waals surface area contributed by atoms with Gasteiger partial charge < -0.3 is 9.11 Å². The second-order valence-corrected chi connectivity index (χ2v) is 3.07. The van der Waals surface area contributed by atoms with Gasteiger partial charge in [-0.1, -0.05) is 0 Å². The molecule has 0 rings (SSSR count). The van der Waals surface area contributed by atoms with E-state index in [4.69, 9.17) is 33.4 Å². The monoisotopic (exact) mass is 238 g/mol. The molecule has 0 saturated carbocycles. The molecule has 0 radical (unpaired) electrons. The van der Waals surface area contributed by atoms with Gasteiger partial charge in [-0.3, -0.25) is 8.42 Å². The van der Waals surface area contributed by atoms with Gasteiger partial charge in [-0.25, -0.2) is 0 Å². The molecule has 0 amide bonds. The molecule has 0 aliphatic rings. The van der Waals surface area contributed by atoms with E-state index >= 15 is 0 Å². The van der Waals surface area contributed by atoms with Crippen LogP contribution in [0.1, 0.15) is 0 Å². The van der Waals surface area contributed by atoms with Crippen LogP contribution in [0.3, 0.4) is 0 Å². The standard InChI is InChI=1S/Cr.Mg.H2O4S.2H2O.2O/c;;1-5(2,3)4;;;;/h;;(H2,1,2,3,4);2*1H2;;/q2*+2;;;;;/p-4. The SMILES string of the molecule is O=S(=O)([O-])[O-].[Mg+2].[O]=[Cr](=[O])([OH])[OH]. The van der Waals surface area contributed by atoms with Crippen molar-refractivity contribution in [3.05, 3.63) is 0 Å². The van der Waals surface area contributed by atoms with Crippen LogP contribution in [0.2, 0.25) is 0 Å². The van der Waals surface area contributed by atoms with Crippen molar-refractivity contribution in [1.82, 2.24) is 0 Å². The minimum atomic E-state index is -5.25. The predicted octanol–water partition coefficient (Wildman–Crippen LogP) is -3.07. The van der Waals surface area contributed by atoms with E-state index in [1.165, 1.54) is 0 Å². The molecule has 0 saturated heterocycles. The molecule has 0 aliphatic heterocycles. The molecule has 0 atom stereocenters. The van der Waals surface area contributed by atoms with Crippen molar-refractivity contribution < 1.29 is 47.1 Å². The molecule has 8 nitrogen and oxygen atoms in total. The van der Waals surface area contributed by atoms with Gasteiger partial charge in [0.25, 0.3) is 0 Å². The molecule has 0 aromatic heterocycles. The van der Waals surface area contributed by atoms with Gasteiger partial charge in [0.05, 0.1) is 0 Å². The number of hydrogen-bond donors (Lipinski definition) is 2. The fourth-order valence-electron chi connectivity index (χ4n) is 0. The summed E-state index contributed by atoms with van der Waals surface area (Å²) in [6, 6.07) is 0. The quantitative estimate of drug-likeness (QED) is 0.256. The first-order chi connectivity index (χ1) is 4.00. The number of hydrogen-bond acceptors (Lipinski definition) is 6. The zero-order chi connectivity index (χ0) is 9.00. The van der Waals surface area contributed by atoms with Crippen molar-refractivity contribution in [2.75, 3.05) is 0 Å². The van der Waals surface area contributed by atoms with E-state index in [9.17, 15) is 0 Å². The molecule has 2 N–H and O–H groups in total. The van der Waals surface area contributed by atoms with Crippen molar-refractivity contribution in [3.63, 3.8) is 0 Å². The molecule has 0 aromatic carbocycles. The van der Waals surface area contributed by atoms with Crippen molar-refractivity contribution >= 4 is 33.5 Å². The molecule has 0 fully saturated rings. The summed E-state index contributed by atoms with van der Waals surface area (Å²) in [5.41, 5.74) is 0. The van der Waals surface area contributed by atoms with Crippen molar-refractivity contribution in [3.8, 4) is 0 Å². The molecular weight excluding hydrogens is 236 g/mol. The van der Waals surface area contributed by atoms with E-state index in [0.29, 0.717) is 0 Å². The zero-order valence-corrected chi connectivity index (χ0v) is 8.37. The maximum absolute atomic E-state index is 8.82. The Morgan fingerprint density at radius 1 is 1.09 bits per heavy atom. The average Bonchev–Trinajstić information content (AvgIpc) is 1.12. The van der Waals surface area contributed by atoms with E-state index in [2.05, 4.69) is 0 Å². The van der Waals surface area contributed by atoms with Gasteiger partial charge in [-0.15, -0.1) is 0 Å². The first-order valence-electron chi connectivity index (χ1n) is 1.37. The molecule has 64 valence electrons. The molecule has 0 spiro atoms. The molecule has 0 bridgehead atoms. The summed E-state index contributed by atoms with van der Waals surface area (Å²) in [5.74, 6) is 0. The summed E-state index contributed by atoms with van der Waals surface area (Å²) >= 11 is -5.25. The Labute approximate surface area is 80.3 Å². The average molecular weight is 238 g/mol. The third kappa shape index (κ3) is 1700. The molecule has 0 heterocycles. The van der Waals surface area contributed by atoms with Crippen LogP contribution in [0.15, 0.2) is 0 Å². The Morgan fingerprint density at radius 2 is 1.09 bits per heavy atom. The van der Waals surface area contributed by atoms with Gasteiger partial charge in [0.1, 0.15) is 0 Å². The normalized spacial score (nSPS) is 10.5. The third-order valence-corrected chi connectivity index (χ3v) is 0. The van der Waals surface area contributed by atoms with Crippen LogP contribution >= 0.6 is 0 Å². The first kappa shape index (κ1) is 17.7. The first-order valence-corrected chi connectivity index (χ1v) is 4.88. The number of rotatable bonds is 0. The van der Waals surface area contributed by atoms with Crippen LogP contribution in [0, 0.1) is 0 Å². The van der Waals surface area contributed by atoms with Crippen molar-refractivity contribution in [2.45, 2.75) is 0 Å². The summed E-state index contributed by atoms with van der Waals surface area (Å²) in [5, 5.41) is 0. The van der Waals surface area contributed by atoms with Crippen LogP contribution in [0.5, 0.6) is 0 Å². The molecule has 0 aromatic rings. The van der Waals surface area contributed by atoms with E-state index in [1.54, 1.807) is 0 Å². The second-order valence-electron chi connectivity index (χ2n) is 0.856. The molecular formula is H2CrMgO8S. The third-order valence-electron chi connectivity index (χ3n) is 0. The van der Waals surface area contributed by atoms with Gasteiger partial charge in [0, 0.05) is 10.4 Å². The van der Waals surface area contributed by atoms with E-state index in [-0.39, 0.29) is 23.1 Å². The minimum absolute atomic E-state index is 0. The van der Waals surface area contributed by atoms with Gasteiger partial charge >= 0.3 is 52.6 Å². The second kappa shape index (κ2) is 6.23. The maximum atomic E-state index is 8.82. The van der Waals surface area contributed by atoms with Gasteiger partial charge in [0.15, 0.2) is 0 Å². The van der Waals surface area contributed by atoms with E-state index < -0.39 is 24.0 Å². The van der Waals surface area contributed by atoms with E-state index in [0.717, 1.165) is 0 Å². The van der Waals surface area contributed by atoms with Crippen molar-refractivity contribution in [1.29, 1.82) is 0 Å². The van der Waals surface area contributed by atoms with Crippen LogP contribution in [0.4, 0.5) is 0 Å². The summed E-state index contributed by atoms with van der Waals surface area (Å²) in [4.78, 5) is 0. The van der Waals surface area contributed by atoms with Gasteiger partial charge in [-0.05, 0) is 0 Å². The molecule has 0 aliphatic carbocycles. The summed E-state index contributed by atoms with van der Waals surface area (Å²) in [7, 11) is -5.17. The summed E-state index contributed by atoms with van der Waals surface area (Å²) < 4.78 is 66.0. The van der Waals surface area contributed by atoms with Gasteiger partial charge in [0.2, 0.25) is 0 Å². The Balaban J connectivity index is -0.000000107. The van der Waals surface area contributed by atoms with E-state index in [1.807, 2.05) is 0 Å². The predicted molar refractivity (Wildman–Crippen MR) is 22.0 cm³/mol. The molecule has 11 heteroatoms. The summed E-state index contributed by atoms with van der Waals surface area (Å²) in [6.45, 7) is 0. The van der Waals surface area contributed by atoms with Crippen LogP contribution < -0.4 is 0 Å². The molecule has 0 unspecified atom stereocenters. The summed E-state index contributed by atoms with van der Waals surface area (Å²) in [6.07, 6.45) is 0. The van der Waals surface area contributed by atoms with Crippen molar-refractivity contribution in [2.24, 2.45) is 0 Å². The Hall–Kier alpha value is 0.689. The van der Waals surface area contributed by atoms with Crippen LogP contribution in [-0.4, -0.2) is 48.9 Å². The Morgan fingerprint density at radius 3 is 1.09 bits per heavy atom. The topological polar surface area (TPSA) is 155 Å². The van der Waals surface area contributed by atoms with Crippen LogP contribution in [0.25, 0.3) is 0 Å². The van der Waals surface area contributed by atoms with Crippen LogP contribution in [-0.2, 0) is 31.6 Å². The fraction of sp³-hybridized carbons (Fsp3) is 0. The fourth-order valence-corrected chi connectivity index (χ4v) is 0. The Bertz CT molecular complexity index is 210. The zero-order valence-electron chi connectivity index (χ0n) is 4.87. The molecule has 11 heavy (non-hydrogen) atoms. The van der Waals surface area contributed by atoms with Gasteiger partial charge in [-0.2, -0.15) is 0 Å². The Kier molecular flexibility index (Phi) is 10.0.